The molecule has 1 N–H and O–H groups in total. The summed E-state index contributed by atoms with van der Waals surface area (Å²) in [7, 11) is 0. The van der Waals surface area contributed by atoms with Gasteiger partial charge in [-0.3, -0.25) is 4.79 Å². The number of carbonyl (C=O) groups excluding carboxylic acids is 2. The smallest absolute Gasteiger partial charge is 0.341 e. The fourth-order valence-corrected chi connectivity index (χ4v) is 6.19. The molecule has 0 saturated carbocycles. The lowest BCUT2D eigenvalue weighted by Crippen LogP contribution is -2.16. The lowest BCUT2D eigenvalue weighted by atomic mass is 9.96. The van der Waals surface area contributed by atoms with Crippen molar-refractivity contribution in [3.8, 4) is 11.3 Å². The Balaban J connectivity index is 1.58. The van der Waals surface area contributed by atoms with E-state index in [9.17, 15) is 9.59 Å². The van der Waals surface area contributed by atoms with Crippen LogP contribution < -0.4 is 5.32 Å². The molecule has 0 spiro atoms. The fourth-order valence-electron chi connectivity index (χ4n) is 4.91. The minimum atomic E-state index is -0.356. The number of aromatic nitrogens is 1. The zero-order valence-corrected chi connectivity index (χ0v) is 21.5. The molecule has 1 amide bonds. The molecule has 0 unspecified atom stereocenters. The maximum absolute atomic E-state index is 13.8. The molecule has 0 bridgehead atoms. The number of hydrogen-bond donors (Lipinski definition) is 1. The van der Waals surface area contributed by atoms with Gasteiger partial charge in [0.25, 0.3) is 5.91 Å². The highest BCUT2D eigenvalue weighted by Crippen LogP contribution is 2.38. The Morgan fingerprint density at radius 2 is 1.81 bits per heavy atom. The van der Waals surface area contributed by atoms with Crippen LogP contribution in [0.25, 0.3) is 22.2 Å². The molecule has 0 aliphatic heterocycles. The van der Waals surface area contributed by atoms with Crippen LogP contribution in [0.5, 0.6) is 0 Å². The van der Waals surface area contributed by atoms with Gasteiger partial charge < -0.3 is 10.1 Å². The van der Waals surface area contributed by atoms with Crippen LogP contribution in [0.4, 0.5) is 5.00 Å². The number of nitrogens with one attached hydrogen (secondary N) is 1. The van der Waals surface area contributed by atoms with Crippen molar-refractivity contribution in [2.45, 2.75) is 52.4 Å². The molecule has 0 atom stereocenters. The van der Waals surface area contributed by atoms with Gasteiger partial charge in [-0.2, -0.15) is 0 Å². The van der Waals surface area contributed by atoms with Gasteiger partial charge >= 0.3 is 5.97 Å². The summed E-state index contributed by atoms with van der Waals surface area (Å²) < 4.78 is 5.42. The van der Waals surface area contributed by atoms with Crippen LogP contribution in [0.3, 0.4) is 0 Å². The first-order valence-electron chi connectivity index (χ1n) is 12.6. The zero-order chi connectivity index (χ0) is 25.1. The molecule has 2 heterocycles. The number of ether oxygens (including phenoxy) is 1. The number of nitrogens with zero attached hydrogens (tertiary/aromatic N) is 1. The first-order chi connectivity index (χ1) is 17.5. The monoisotopic (exact) mass is 498 g/mol. The maximum atomic E-state index is 13.8. The Morgan fingerprint density at radius 1 is 1.00 bits per heavy atom. The molecular weight excluding hydrogens is 468 g/mol. The minimum absolute atomic E-state index is 0.248. The summed E-state index contributed by atoms with van der Waals surface area (Å²) in [6.45, 7) is 4.14. The van der Waals surface area contributed by atoms with Crippen molar-refractivity contribution in [1.82, 2.24) is 4.98 Å². The number of amides is 1. The Hall–Kier alpha value is -3.51. The van der Waals surface area contributed by atoms with E-state index in [2.05, 4.69) is 11.4 Å². The topological polar surface area (TPSA) is 68.3 Å². The standard InChI is InChI=1S/C30H30N2O3S/c1-3-35-30(34)27-22-14-6-4-5-7-16-26(22)36-29(27)32-28(33)23-18-25(20-12-10-11-19(2)17-20)31-24-15-9-8-13-21(23)24/h8-13,15,17-18H,3-7,14,16H2,1-2H3,(H,32,33). The summed E-state index contributed by atoms with van der Waals surface area (Å²) >= 11 is 1.52. The summed E-state index contributed by atoms with van der Waals surface area (Å²) in [4.78, 5) is 32.8. The first-order valence-corrected chi connectivity index (χ1v) is 13.5. The minimum Gasteiger partial charge on any atom is -0.462 e. The van der Waals surface area contributed by atoms with E-state index < -0.39 is 0 Å². The van der Waals surface area contributed by atoms with Crippen LogP contribution in [0.2, 0.25) is 0 Å². The highest BCUT2D eigenvalue weighted by atomic mass is 32.1. The van der Waals surface area contributed by atoms with Crippen LogP contribution in [-0.4, -0.2) is 23.5 Å². The maximum Gasteiger partial charge on any atom is 0.341 e. The van der Waals surface area contributed by atoms with Gasteiger partial charge in [0.1, 0.15) is 5.00 Å². The summed E-state index contributed by atoms with van der Waals surface area (Å²) in [6.07, 6.45) is 6.25. The van der Waals surface area contributed by atoms with Crippen molar-refractivity contribution in [2.75, 3.05) is 11.9 Å². The van der Waals surface area contributed by atoms with Crippen molar-refractivity contribution in [3.05, 3.63) is 81.7 Å². The van der Waals surface area contributed by atoms with Gasteiger partial charge in [0.2, 0.25) is 0 Å². The molecule has 0 fully saturated rings. The fraction of sp³-hybridized carbons (Fsp3) is 0.300. The van der Waals surface area contributed by atoms with Gasteiger partial charge in [-0.25, -0.2) is 9.78 Å². The largest absolute Gasteiger partial charge is 0.462 e. The van der Waals surface area contributed by atoms with Crippen molar-refractivity contribution in [3.63, 3.8) is 0 Å². The molecule has 5 rings (SSSR count). The number of aryl methyl sites for hydroxylation is 2. The van der Waals surface area contributed by atoms with Crippen molar-refractivity contribution in [2.24, 2.45) is 0 Å². The number of anilines is 1. The highest BCUT2D eigenvalue weighted by molar-refractivity contribution is 7.17. The van der Waals surface area contributed by atoms with E-state index >= 15 is 0 Å². The Morgan fingerprint density at radius 3 is 2.61 bits per heavy atom. The van der Waals surface area contributed by atoms with Gasteiger partial charge in [0.15, 0.2) is 0 Å². The van der Waals surface area contributed by atoms with Crippen LogP contribution in [-0.2, 0) is 17.6 Å². The molecule has 4 aromatic rings. The molecule has 1 aliphatic carbocycles. The average Bonchev–Trinajstić information content (AvgIpc) is 3.19. The van der Waals surface area contributed by atoms with Crippen molar-refractivity contribution < 1.29 is 14.3 Å². The second-order valence-electron chi connectivity index (χ2n) is 9.24. The van der Waals surface area contributed by atoms with E-state index in [0.29, 0.717) is 22.7 Å². The van der Waals surface area contributed by atoms with E-state index in [1.807, 2.05) is 62.4 Å². The number of carbonyl (C=O) groups is 2. The number of thiophene rings is 1. The van der Waals surface area contributed by atoms with Crippen LogP contribution >= 0.6 is 11.3 Å². The van der Waals surface area contributed by atoms with Gasteiger partial charge in [-0.1, -0.05) is 54.8 Å². The van der Waals surface area contributed by atoms with Crippen molar-refractivity contribution >= 4 is 39.1 Å². The third kappa shape index (κ3) is 4.91. The second kappa shape index (κ2) is 10.6. The SMILES string of the molecule is CCOC(=O)c1c(NC(=O)c2cc(-c3cccc(C)c3)nc3ccccc23)sc2c1CCCCCC2. The summed E-state index contributed by atoms with van der Waals surface area (Å²) in [6, 6.07) is 17.6. The first kappa shape index (κ1) is 24.2. The predicted molar refractivity (Wildman–Crippen MR) is 146 cm³/mol. The third-order valence-corrected chi connectivity index (χ3v) is 7.86. The third-order valence-electron chi connectivity index (χ3n) is 6.65. The highest BCUT2D eigenvalue weighted by Gasteiger charge is 2.27. The lowest BCUT2D eigenvalue weighted by molar-refractivity contribution is 0.0526. The summed E-state index contributed by atoms with van der Waals surface area (Å²) in [5.74, 6) is -0.604. The van der Waals surface area contributed by atoms with Crippen LogP contribution in [0, 0.1) is 6.92 Å². The molecule has 36 heavy (non-hydrogen) atoms. The molecular formula is C30H30N2O3S. The van der Waals surface area contributed by atoms with Gasteiger partial charge in [0, 0.05) is 15.8 Å². The second-order valence-corrected chi connectivity index (χ2v) is 10.3. The summed E-state index contributed by atoms with van der Waals surface area (Å²) in [5.41, 5.74) is 5.70. The predicted octanol–water partition coefficient (Wildman–Crippen LogP) is 7.36. The molecule has 184 valence electrons. The molecule has 1 aliphatic rings. The van der Waals surface area contributed by atoms with E-state index in [1.165, 1.54) is 22.6 Å². The normalized spacial score (nSPS) is 13.5. The summed E-state index contributed by atoms with van der Waals surface area (Å²) in [5, 5.41) is 4.46. The molecule has 6 heteroatoms. The number of pyridine rings is 1. The Bertz CT molecular complexity index is 1440. The van der Waals surface area contributed by atoms with E-state index in [0.717, 1.165) is 65.4 Å². The molecule has 2 aromatic carbocycles. The number of para-hydroxylation sites is 1. The van der Waals surface area contributed by atoms with E-state index in [4.69, 9.17) is 9.72 Å². The molecule has 0 saturated heterocycles. The molecule has 2 aromatic heterocycles. The van der Waals surface area contributed by atoms with Crippen LogP contribution in [0.1, 0.15) is 69.3 Å². The average molecular weight is 499 g/mol. The molecule has 0 radical (unpaired) electrons. The lowest BCUT2D eigenvalue weighted by Gasteiger charge is -2.12. The number of rotatable bonds is 5. The quantitative estimate of drug-likeness (QED) is 0.292. The Kier molecular flexibility index (Phi) is 7.14. The number of benzene rings is 2. The number of fused-ring (bicyclic) bond motifs is 2. The van der Waals surface area contributed by atoms with Gasteiger partial charge in [0.05, 0.1) is 28.9 Å². The zero-order valence-electron chi connectivity index (χ0n) is 20.7. The van der Waals surface area contributed by atoms with Gasteiger partial charge in [-0.05, 0) is 63.3 Å². The number of hydrogen-bond acceptors (Lipinski definition) is 5. The molecule has 5 nitrogen and oxygen atoms in total. The van der Waals surface area contributed by atoms with Crippen LogP contribution in [0.15, 0.2) is 54.6 Å². The van der Waals surface area contributed by atoms with Gasteiger partial charge in [-0.15, -0.1) is 11.3 Å². The van der Waals surface area contributed by atoms with Crippen molar-refractivity contribution in [1.29, 1.82) is 0 Å². The number of esters is 1. The van der Waals surface area contributed by atoms with E-state index in [1.54, 1.807) is 0 Å². The van der Waals surface area contributed by atoms with E-state index in [-0.39, 0.29) is 11.9 Å². The Labute approximate surface area is 215 Å².